The van der Waals surface area contributed by atoms with Gasteiger partial charge in [-0.1, -0.05) is 41.4 Å². The quantitative estimate of drug-likeness (QED) is 0.727. The summed E-state index contributed by atoms with van der Waals surface area (Å²) < 4.78 is 0. The molecule has 124 valence electrons. The van der Waals surface area contributed by atoms with Crippen LogP contribution in [-0.2, 0) is 14.4 Å². The molecule has 3 N–H and O–H groups in total. The van der Waals surface area contributed by atoms with E-state index in [1.54, 1.807) is 36.4 Å². The molecule has 24 heavy (non-hydrogen) atoms. The molecule has 0 atom stereocenters. The standard InChI is InChI=1S/C16H13Cl2N3O3/c17-10-6-7-12(18)13(8-10)21-14(22)9-19-15(23)16(24)20-11-4-2-1-3-5-11/h1-8H,9H2,(H,19,23)(H,20,24)(H,21,22). The number of benzene rings is 2. The van der Waals surface area contributed by atoms with E-state index >= 15 is 0 Å². The van der Waals surface area contributed by atoms with Crippen molar-refractivity contribution in [1.82, 2.24) is 5.32 Å². The van der Waals surface area contributed by atoms with Gasteiger partial charge in [-0.25, -0.2) is 0 Å². The number of hydrogen-bond acceptors (Lipinski definition) is 3. The zero-order valence-corrected chi connectivity index (χ0v) is 13.8. The Bertz CT molecular complexity index is 766. The summed E-state index contributed by atoms with van der Waals surface area (Å²) in [6, 6.07) is 13.1. The van der Waals surface area contributed by atoms with Gasteiger partial charge < -0.3 is 16.0 Å². The van der Waals surface area contributed by atoms with E-state index in [1.165, 1.54) is 12.1 Å². The Morgan fingerprint density at radius 3 is 2.29 bits per heavy atom. The van der Waals surface area contributed by atoms with Gasteiger partial charge in [0.05, 0.1) is 17.3 Å². The predicted molar refractivity (Wildman–Crippen MR) is 93.2 cm³/mol. The summed E-state index contributed by atoms with van der Waals surface area (Å²) in [5.74, 6) is -2.33. The van der Waals surface area contributed by atoms with Crippen molar-refractivity contribution in [2.75, 3.05) is 17.2 Å². The van der Waals surface area contributed by atoms with Gasteiger partial charge >= 0.3 is 11.8 Å². The van der Waals surface area contributed by atoms with Crippen molar-refractivity contribution >= 4 is 52.3 Å². The zero-order valence-electron chi connectivity index (χ0n) is 12.3. The van der Waals surface area contributed by atoms with Gasteiger partial charge in [0.25, 0.3) is 0 Å². The van der Waals surface area contributed by atoms with Crippen LogP contribution < -0.4 is 16.0 Å². The SMILES string of the molecule is O=C(CNC(=O)C(=O)Nc1ccccc1)Nc1cc(Cl)ccc1Cl. The van der Waals surface area contributed by atoms with E-state index in [0.29, 0.717) is 21.4 Å². The van der Waals surface area contributed by atoms with Crippen LogP contribution in [0.2, 0.25) is 10.0 Å². The predicted octanol–water partition coefficient (Wildman–Crippen LogP) is 2.69. The minimum absolute atomic E-state index is 0.306. The Balaban J connectivity index is 1.83. The van der Waals surface area contributed by atoms with Crippen LogP contribution in [0.5, 0.6) is 0 Å². The van der Waals surface area contributed by atoms with Gasteiger partial charge in [-0.2, -0.15) is 0 Å². The lowest BCUT2D eigenvalue weighted by molar-refractivity contribution is -0.136. The first-order valence-electron chi connectivity index (χ1n) is 6.85. The Morgan fingerprint density at radius 1 is 0.875 bits per heavy atom. The van der Waals surface area contributed by atoms with Crippen LogP contribution in [0.1, 0.15) is 0 Å². The summed E-state index contributed by atoms with van der Waals surface area (Å²) >= 11 is 11.7. The van der Waals surface area contributed by atoms with Crippen LogP contribution in [-0.4, -0.2) is 24.3 Å². The average Bonchev–Trinajstić information content (AvgIpc) is 2.57. The fourth-order valence-electron chi connectivity index (χ4n) is 1.74. The first-order valence-corrected chi connectivity index (χ1v) is 7.60. The molecular formula is C16H13Cl2N3O3. The summed E-state index contributed by atoms with van der Waals surface area (Å²) in [4.78, 5) is 35.2. The summed E-state index contributed by atoms with van der Waals surface area (Å²) in [6.07, 6.45) is 0. The number of nitrogens with one attached hydrogen (secondary N) is 3. The Labute approximate surface area is 148 Å². The van der Waals surface area contributed by atoms with Crippen molar-refractivity contribution in [3.05, 3.63) is 58.6 Å². The van der Waals surface area contributed by atoms with Gasteiger partial charge in [-0.15, -0.1) is 0 Å². The molecule has 2 rings (SSSR count). The van der Waals surface area contributed by atoms with Crippen LogP contribution in [0.3, 0.4) is 0 Å². The molecule has 2 aromatic carbocycles. The first kappa shape index (κ1) is 17.8. The lowest BCUT2D eigenvalue weighted by Crippen LogP contribution is -2.39. The van der Waals surface area contributed by atoms with E-state index in [-0.39, 0.29) is 6.54 Å². The zero-order chi connectivity index (χ0) is 17.5. The highest BCUT2D eigenvalue weighted by Gasteiger charge is 2.15. The largest absolute Gasteiger partial charge is 0.339 e. The molecule has 0 bridgehead atoms. The molecule has 3 amide bonds. The van der Waals surface area contributed by atoms with Gasteiger partial charge in [0, 0.05) is 10.7 Å². The third kappa shape index (κ3) is 5.26. The van der Waals surface area contributed by atoms with Crippen molar-refractivity contribution in [2.45, 2.75) is 0 Å². The Morgan fingerprint density at radius 2 is 1.58 bits per heavy atom. The minimum atomic E-state index is -0.925. The summed E-state index contributed by atoms with van der Waals surface area (Å²) in [6.45, 7) is -0.385. The third-order valence-electron chi connectivity index (χ3n) is 2.85. The second-order valence-corrected chi connectivity index (χ2v) is 5.52. The maximum Gasteiger partial charge on any atom is 0.313 e. The molecule has 0 saturated carbocycles. The maximum absolute atomic E-state index is 11.8. The van der Waals surface area contributed by atoms with Crippen LogP contribution in [0.4, 0.5) is 11.4 Å². The molecule has 0 aromatic heterocycles. The molecular weight excluding hydrogens is 353 g/mol. The number of amides is 3. The number of para-hydroxylation sites is 1. The Kier molecular flexibility index (Phi) is 6.17. The van der Waals surface area contributed by atoms with Crippen molar-refractivity contribution in [2.24, 2.45) is 0 Å². The average molecular weight is 366 g/mol. The molecule has 0 aliphatic carbocycles. The Hall–Kier alpha value is -2.57. The van der Waals surface area contributed by atoms with Crippen LogP contribution in [0, 0.1) is 0 Å². The van der Waals surface area contributed by atoms with Crippen LogP contribution in [0.15, 0.2) is 48.5 Å². The third-order valence-corrected chi connectivity index (χ3v) is 3.41. The molecule has 0 aliphatic rings. The molecule has 0 fully saturated rings. The highest BCUT2D eigenvalue weighted by Crippen LogP contribution is 2.25. The fraction of sp³-hybridized carbons (Fsp3) is 0.0625. The molecule has 6 nitrogen and oxygen atoms in total. The molecule has 0 spiro atoms. The molecule has 0 aliphatic heterocycles. The highest BCUT2D eigenvalue weighted by molar-refractivity contribution is 6.40. The second kappa shape index (κ2) is 8.33. The van der Waals surface area contributed by atoms with Crippen molar-refractivity contribution in [3.8, 4) is 0 Å². The number of rotatable bonds is 4. The summed E-state index contributed by atoms with van der Waals surface area (Å²) in [7, 11) is 0. The van der Waals surface area contributed by atoms with E-state index in [9.17, 15) is 14.4 Å². The van der Waals surface area contributed by atoms with Gasteiger partial charge in [0.1, 0.15) is 0 Å². The van der Waals surface area contributed by atoms with Gasteiger partial charge in [-0.05, 0) is 30.3 Å². The van der Waals surface area contributed by atoms with E-state index in [1.807, 2.05) is 0 Å². The maximum atomic E-state index is 11.8. The van der Waals surface area contributed by atoms with Crippen LogP contribution >= 0.6 is 23.2 Å². The number of halogens is 2. The minimum Gasteiger partial charge on any atom is -0.339 e. The molecule has 2 aromatic rings. The van der Waals surface area contributed by atoms with E-state index in [4.69, 9.17) is 23.2 Å². The van der Waals surface area contributed by atoms with Crippen molar-refractivity contribution < 1.29 is 14.4 Å². The number of anilines is 2. The van der Waals surface area contributed by atoms with E-state index in [0.717, 1.165) is 0 Å². The lowest BCUT2D eigenvalue weighted by atomic mass is 10.3. The summed E-state index contributed by atoms with van der Waals surface area (Å²) in [5.41, 5.74) is 0.796. The lowest BCUT2D eigenvalue weighted by Gasteiger charge is -2.09. The van der Waals surface area contributed by atoms with E-state index < -0.39 is 17.7 Å². The second-order valence-electron chi connectivity index (χ2n) is 4.68. The number of hydrogen-bond donors (Lipinski definition) is 3. The van der Waals surface area contributed by atoms with Gasteiger partial charge in [0.2, 0.25) is 5.91 Å². The number of carbonyl (C=O) groups is 3. The molecule has 0 heterocycles. The van der Waals surface area contributed by atoms with Crippen molar-refractivity contribution in [1.29, 1.82) is 0 Å². The van der Waals surface area contributed by atoms with Crippen LogP contribution in [0.25, 0.3) is 0 Å². The van der Waals surface area contributed by atoms with Crippen molar-refractivity contribution in [3.63, 3.8) is 0 Å². The molecule has 0 radical (unpaired) electrons. The normalized spacial score (nSPS) is 9.92. The molecule has 0 unspecified atom stereocenters. The monoisotopic (exact) mass is 365 g/mol. The van der Waals surface area contributed by atoms with Gasteiger partial charge in [0.15, 0.2) is 0 Å². The van der Waals surface area contributed by atoms with Gasteiger partial charge in [-0.3, -0.25) is 14.4 Å². The fourth-order valence-corrected chi connectivity index (χ4v) is 2.07. The summed E-state index contributed by atoms with van der Waals surface area (Å²) in [5, 5.41) is 7.83. The molecule has 8 heteroatoms. The van der Waals surface area contributed by atoms with E-state index in [2.05, 4.69) is 16.0 Å². The number of carbonyl (C=O) groups excluding carboxylic acids is 3. The first-order chi connectivity index (χ1) is 11.5. The highest BCUT2D eigenvalue weighted by atomic mass is 35.5. The smallest absolute Gasteiger partial charge is 0.313 e. The molecule has 0 saturated heterocycles. The topological polar surface area (TPSA) is 87.3 Å².